The Morgan fingerprint density at radius 1 is 1.40 bits per heavy atom. The highest BCUT2D eigenvalue weighted by Gasteiger charge is 2.11. The van der Waals surface area contributed by atoms with E-state index in [9.17, 15) is 4.79 Å². The van der Waals surface area contributed by atoms with Crippen LogP contribution in [0, 0.1) is 13.8 Å². The molecule has 0 radical (unpaired) electrons. The van der Waals surface area contributed by atoms with Crippen LogP contribution >= 0.6 is 0 Å². The molecule has 2 rings (SSSR count). The zero-order valence-corrected chi connectivity index (χ0v) is 8.92. The number of aromatic nitrogens is 2. The number of benzene rings is 1. The Bertz CT molecular complexity index is 529. The Hall–Kier alpha value is -1.84. The second-order valence-corrected chi connectivity index (χ2v) is 3.50. The number of carbonyl (C=O) groups is 1. The second kappa shape index (κ2) is 3.38. The molecule has 0 aliphatic carbocycles. The minimum Gasteiger partial charge on any atom is -0.465 e. The van der Waals surface area contributed by atoms with Gasteiger partial charge in [0.15, 0.2) is 0 Å². The molecule has 2 aromatic rings. The van der Waals surface area contributed by atoms with Gasteiger partial charge in [-0.05, 0) is 31.5 Å². The molecule has 0 atom stereocenters. The third-order valence-corrected chi connectivity index (χ3v) is 2.35. The normalized spacial score (nSPS) is 10.6. The van der Waals surface area contributed by atoms with Gasteiger partial charge in [0, 0.05) is 0 Å². The molecule has 1 aromatic carbocycles. The number of hydrogen-bond donors (Lipinski definition) is 1. The molecule has 0 fully saturated rings. The van der Waals surface area contributed by atoms with E-state index in [4.69, 9.17) is 4.74 Å². The molecule has 0 saturated heterocycles. The fourth-order valence-corrected chi connectivity index (χ4v) is 1.62. The number of nitrogens with zero attached hydrogens (tertiary/aromatic N) is 1. The van der Waals surface area contributed by atoms with Crippen LogP contribution in [0.4, 0.5) is 0 Å². The van der Waals surface area contributed by atoms with Crippen molar-refractivity contribution in [2.24, 2.45) is 0 Å². The molecule has 4 heteroatoms. The van der Waals surface area contributed by atoms with E-state index in [1.807, 2.05) is 19.9 Å². The fourth-order valence-electron chi connectivity index (χ4n) is 1.62. The van der Waals surface area contributed by atoms with Crippen LogP contribution in [0.5, 0.6) is 0 Å². The van der Waals surface area contributed by atoms with E-state index in [0.29, 0.717) is 5.56 Å². The van der Waals surface area contributed by atoms with Gasteiger partial charge in [0.2, 0.25) is 0 Å². The number of imidazole rings is 1. The summed E-state index contributed by atoms with van der Waals surface area (Å²) in [7, 11) is 1.38. The maximum atomic E-state index is 11.4. The lowest BCUT2D eigenvalue weighted by atomic mass is 10.1. The van der Waals surface area contributed by atoms with Crippen LogP contribution in [-0.2, 0) is 4.74 Å². The van der Waals surface area contributed by atoms with E-state index in [1.54, 1.807) is 6.07 Å². The molecule has 0 spiro atoms. The lowest BCUT2D eigenvalue weighted by molar-refractivity contribution is 0.0600. The number of ether oxygens (including phenoxy) is 1. The maximum Gasteiger partial charge on any atom is 0.338 e. The summed E-state index contributed by atoms with van der Waals surface area (Å²) in [6, 6.07) is 3.65. The topological polar surface area (TPSA) is 55.0 Å². The summed E-state index contributed by atoms with van der Waals surface area (Å²) < 4.78 is 4.70. The highest BCUT2D eigenvalue weighted by molar-refractivity contribution is 5.95. The number of esters is 1. The number of aromatic amines is 1. The number of fused-ring (bicyclic) bond motifs is 1. The third-order valence-electron chi connectivity index (χ3n) is 2.35. The van der Waals surface area contributed by atoms with Crippen LogP contribution in [0.3, 0.4) is 0 Å². The monoisotopic (exact) mass is 204 g/mol. The SMILES string of the molecule is COC(=O)c1cc2[nH]c(C)nc2cc1C. The van der Waals surface area contributed by atoms with Gasteiger partial charge in [-0.15, -0.1) is 0 Å². The van der Waals surface area contributed by atoms with Crippen molar-refractivity contribution in [3.63, 3.8) is 0 Å². The number of H-pyrrole nitrogens is 1. The van der Waals surface area contributed by atoms with Gasteiger partial charge in [0.05, 0.1) is 23.7 Å². The molecule has 4 nitrogen and oxygen atoms in total. The van der Waals surface area contributed by atoms with Gasteiger partial charge >= 0.3 is 5.97 Å². The summed E-state index contributed by atoms with van der Waals surface area (Å²) in [4.78, 5) is 18.8. The highest BCUT2D eigenvalue weighted by atomic mass is 16.5. The summed E-state index contributed by atoms with van der Waals surface area (Å²) in [5.41, 5.74) is 3.19. The van der Waals surface area contributed by atoms with Crippen molar-refractivity contribution < 1.29 is 9.53 Å². The average molecular weight is 204 g/mol. The van der Waals surface area contributed by atoms with Crippen LogP contribution in [0.1, 0.15) is 21.7 Å². The number of carbonyl (C=O) groups excluding carboxylic acids is 1. The zero-order valence-electron chi connectivity index (χ0n) is 8.92. The first-order valence-corrected chi connectivity index (χ1v) is 4.67. The quantitative estimate of drug-likeness (QED) is 0.722. The van der Waals surface area contributed by atoms with Gasteiger partial charge in [-0.1, -0.05) is 0 Å². The summed E-state index contributed by atoms with van der Waals surface area (Å²) in [5.74, 6) is 0.521. The average Bonchev–Trinajstić information content (AvgIpc) is 2.55. The standard InChI is InChI=1S/C11H12N2O2/c1-6-4-9-10(13-7(2)12-9)5-8(6)11(14)15-3/h4-5H,1-3H3,(H,12,13). The molecule has 0 aliphatic rings. The summed E-state index contributed by atoms with van der Waals surface area (Å²) in [5, 5.41) is 0. The smallest absolute Gasteiger partial charge is 0.338 e. The molecular formula is C11H12N2O2. The minimum absolute atomic E-state index is 0.318. The lowest BCUT2D eigenvalue weighted by Crippen LogP contribution is -2.03. The van der Waals surface area contributed by atoms with Crippen LogP contribution in [0.15, 0.2) is 12.1 Å². The van der Waals surface area contributed by atoms with Gasteiger partial charge in [-0.25, -0.2) is 9.78 Å². The maximum absolute atomic E-state index is 11.4. The van der Waals surface area contributed by atoms with Crippen LogP contribution in [0.25, 0.3) is 11.0 Å². The number of aryl methyl sites for hydroxylation is 2. The first kappa shape index (κ1) is 9.71. The molecule has 0 bridgehead atoms. The first-order chi connectivity index (χ1) is 7.11. The largest absolute Gasteiger partial charge is 0.465 e. The number of hydrogen-bond acceptors (Lipinski definition) is 3. The Kier molecular flexibility index (Phi) is 2.19. The molecule has 78 valence electrons. The minimum atomic E-state index is -0.318. The summed E-state index contributed by atoms with van der Waals surface area (Å²) in [6.07, 6.45) is 0. The van der Waals surface area contributed by atoms with Crippen molar-refractivity contribution in [1.29, 1.82) is 0 Å². The number of rotatable bonds is 1. The summed E-state index contributed by atoms with van der Waals surface area (Å²) in [6.45, 7) is 3.75. The number of methoxy groups -OCH3 is 1. The van der Waals surface area contributed by atoms with Crippen molar-refractivity contribution in [2.75, 3.05) is 7.11 Å². The van der Waals surface area contributed by atoms with E-state index >= 15 is 0 Å². The Morgan fingerprint density at radius 2 is 2.13 bits per heavy atom. The molecule has 0 saturated carbocycles. The Labute approximate surface area is 87.3 Å². The lowest BCUT2D eigenvalue weighted by Gasteiger charge is -2.02. The zero-order chi connectivity index (χ0) is 11.0. The Morgan fingerprint density at radius 3 is 2.80 bits per heavy atom. The van der Waals surface area contributed by atoms with Crippen LogP contribution in [0.2, 0.25) is 0 Å². The van der Waals surface area contributed by atoms with E-state index in [0.717, 1.165) is 22.4 Å². The van der Waals surface area contributed by atoms with Gasteiger partial charge in [-0.3, -0.25) is 0 Å². The molecule has 0 amide bonds. The second-order valence-electron chi connectivity index (χ2n) is 3.50. The van der Waals surface area contributed by atoms with Crippen LogP contribution < -0.4 is 0 Å². The molecular weight excluding hydrogens is 192 g/mol. The van der Waals surface area contributed by atoms with E-state index in [1.165, 1.54) is 7.11 Å². The molecule has 1 N–H and O–H groups in total. The van der Waals surface area contributed by atoms with Crippen molar-refractivity contribution in [3.05, 3.63) is 29.1 Å². The molecule has 0 unspecified atom stereocenters. The predicted octanol–water partition coefficient (Wildman–Crippen LogP) is 1.97. The molecule has 1 heterocycles. The predicted molar refractivity (Wildman–Crippen MR) is 56.9 cm³/mol. The van der Waals surface area contributed by atoms with Gasteiger partial charge in [0.1, 0.15) is 5.82 Å². The van der Waals surface area contributed by atoms with Crippen molar-refractivity contribution in [1.82, 2.24) is 9.97 Å². The molecule has 15 heavy (non-hydrogen) atoms. The van der Waals surface area contributed by atoms with E-state index < -0.39 is 0 Å². The summed E-state index contributed by atoms with van der Waals surface area (Å²) >= 11 is 0. The Balaban J connectivity index is 2.66. The number of nitrogens with one attached hydrogen (secondary N) is 1. The van der Waals surface area contributed by atoms with Gasteiger partial charge in [0.25, 0.3) is 0 Å². The third kappa shape index (κ3) is 1.58. The first-order valence-electron chi connectivity index (χ1n) is 4.67. The van der Waals surface area contributed by atoms with E-state index in [2.05, 4.69) is 9.97 Å². The van der Waals surface area contributed by atoms with E-state index in [-0.39, 0.29) is 5.97 Å². The van der Waals surface area contributed by atoms with Crippen molar-refractivity contribution >= 4 is 17.0 Å². The molecule has 0 aliphatic heterocycles. The van der Waals surface area contributed by atoms with Crippen LogP contribution in [-0.4, -0.2) is 23.0 Å². The fraction of sp³-hybridized carbons (Fsp3) is 0.273. The van der Waals surface area contributed by atoms with Crippen molar-refractivity contribution in [3.8, 4) is 0 Å². The highest BCUT2D eigenvalue weighted by Crippen LogP contribution is 2.18. The van der Waals surface area contributed by atoms with Gasteiger partial charge < -0.3 is 9.72 Å². The molecule has 1 aromatic heterocycles. The van der Waals surface area contributed by atoms with Crippen molar-refractivity contribution in [2.45, 2.75) is 13.8 Å². The van der Waals surface area contributed by atoms with Gasteiger partial charge in [-0.2, -0.15) is 0 Å².